The van der Waals surface area contributed by atoms with E-state index in [2.05, 4.69) is 5.32 Å². The number of likely N-dealkylation sites (tertiary alicyclic amines) is 1. The predicted molar refractivity (Wildman–Crippen MR) is 65.4 cm³/mol. The van der Waals surface area contributed by atoms with Crippen molar-refractivity contribution in [1.82, 2.24) is 10.2 Å². The zero-order chi connectivity index (χ0) is 12.3. The molecule has 2 amide bonds. The molecule has 96 valence electrons. The van der Waals surface area contributed by atoms with E-state index in [1.165, 1.54) is 0 Å². The number of rotatable bonds is 3. The molecule has 0 bridgehead atoms. The molecule has 0 aromatic heterocycles. The van der Waals surface area contributed by atoms with Gasteiger partial charge >= 0.3 is 0 Å². The van der Waals surface area contributed by atoms with Crippen LogP contribution < -0.4 is 5.32 Å². The molecule has 0 atom stereocenters. The Morgan fingerprint density at radius 1 is 1.12 bits per heavy atom. The Balaban J connectivity index is 1.77. The summed E-state index contributed by atoms with van der Waals surface area (Å²) in [5.41, 5.74) is -0.231. The lowest BCUT2D eigenvalue weighted by Gasteiger charge is -2.23. The molecule has 1 aliphatic heterocycles. The normalized spacial score (nSPS) is 22.8. The van der Waals surface area contributed by atoms with E-state index in [9.17, 15) is 9.59 Å². The van der Waals surface area contributed by atoms with Crippen LogP contribution in [-0.2, 0) is 9.59 Å². The van der Waals surface area contributed by atoms with E-state index < -0.39 is 0 Å². The van der Waals surface area contributed by atoms with Crippen LogP contribution in [-0.4, -0.2) is 36.3 Å². The molecule has 1 saturated heterocycles. The lowest BCUT2D eigenvalue weighted by atomic mass is 9.88. The number of hydrogen-bond donors (Lipinski definition) is 1. The van der Waals surface area contributed by atoms with Crippen LogP contribution in [0.4, 0.5) is 0 Å². The van der Waals surface area contributed by atoms with E-state index in [1.54, 1.807) is 0 Å². The lowest BCUT2D eigenvalue weighted by molar-refractivity contribution is -0.135. The van der Waals surface area contributed by atoms with Crippen LogP contribution in [0, 0.1) is 5.41 Å². The molecule has 1 N–H and O–H groups in total. The summed E-state index contributed by atoms with van der Waals surface area (Å²) in [4.78, 5) is 25.6. The van der Waals surface area contributed by atoms with Crippen LogP contribution >= 0.6 is 0 Å². The Hall–Kier alpha value is -1.06. The predicted octanol–water partition coefficient (Wildman–Crippen LogP) is 1.31. The van der Waals surface area contributed by atoms with E-state index in [4.69, 9.17) is 0 Å². The second-order valence-electron chi connectivity index (χ2n) is 5.54. The van der Waals surface area contributed by atoms with Gasteiger partial charge in [0.05, 0.1) is 6.54 Å². The maximum Gasteiger partial charge on any atom is 0.241 e. The first-order valence-corrected chi connectivity index (χ1v) is 6.68. The summed E-state index contributed by atoms with van der Waals surface area (Å²) in [6.45, 7) is 3.89. The fraction of sp³-hybridized carbons (Fsp3) is 0.846. The van der Waals surface area contributed by atoms with Gasteiger partial charge < -0.3 is 10.2 Å². The largest absolute Gasteiger partial charge is 0.347 e. The molecule has 0 spiro atoms. The standard InChI is InChI=1S/C13H22N2O2/c1-13(6-2-3-7-13)12(17)14-10-11(16)15-8-4-5-9-15/h2-10H2,1H3,(H,14,17). The van der Waals surface area contributed by atoms with E-state index in [1.807, 2.05) is 11.8 Å². The molecule has 17 heavy (non-hydrogen) atoms. The molecule has 0 unspecified atom stereocenters. The van der Waals surface area contributed by atoms with Crippen molar-refractivity contribution in [3.05, 3.63) is 0 Å². The smallest absolute Gasteiger partial charge is 0.241 e. The average molecular weight is 238 g/mol. The first kappa shape index (κ1) is 12.4. The summed E-state index contributed by atoms with van der Waals surface area (Å²) in [5, 5.41) is 2.81. The minimum Gasteiger partial charge on any atom is -0.347 e. The van der Waals surface area contributed by atoms with Crippen LogP contribution in [0.15, 0.2) is 0 Å². The van der Waals surface area contributed by atoms with E-state index >= 15 is 0 Å². The van der Waals surface area contributed by atoms with E-state index in [0.29, 0.717) is 0 Å². The maximum absolute atomic E-state index is 12.0. The Morgan fingerprint density at radius 3 is 2.29 bits per heavy atom. The van der Waals surface area contributed by atoms with Gasteiger partial charge in [0.2, 0.25) is 11.8 Å². The van der Waals surface area contributed by atoms with E-state index in [-0.39, 0.29) is 23.8 Å². The van der Waals surface area contributed by atoms with Crippen LogP contribution in [0.25, 0.3) is 0 Å². The van der Waals surface area contributed by atoms with Gasteiger partial charge in [-0.2, -0.15) is 0 Å². The second kappa shape index (κ2) is 5.07. The van der Waals surface area contributed by atoms with Crippen LogP contribution in [0.1, 0.15) is 45.4 Å². The molecule has 4 heteroatoms. The van der Waals surface area contributed by atoms with Crippen LogP contribution in [0.5, 0.6) is 0 Å². The van der Waals surface area contributed by atoms with Gasteiger partial charge in [0.15, 0.2) is 0 Å². The summed E-state index contributed by atoms with van der Waals surface area (Å²) in [7, 11) is 0. The molecule has 0 aromatic rings. The van der Waals surface area contributed by atoms with Gasteiger partial charge in [-0.05, 0) is 25.7 Å². The summed E-state index contributed by atoms with van der Waals surface area (Å²) < 4.78 is 0. The molecule has 1 saturated carbocycles. The number of nitrogens with one attached hydrogen (secondary N) is 1. The van der Waals surface area contributed by atoms with Crippen molar-refractivity contribution in [2.24, 2.45) is 5.41 Å². The van der Waals surface area contributed by atoms with Gasteiger partial charge in [0.1, 0.15) is 0 Å². The summed E-state index contributed by atoms with van der Waals surface area (Å²) in [5.74, 6) is 0.125. The van der Waals surface area contributed by atoms with Crippen molar-refractivity contribution >= 4 is 11.8 Å². The maximum atomic E-state index is 12.0. The topological polar surface area (TPSA) is 49.4 Å². The number of hydrogen-bond acceptors (Lipinski definition) is 2. The fourth-order valence-electron chi connectivity index (χ4n) is 2.83. The van der Waals surface area contributed by atoms with Gasteiger partial charge in [-0.1, -0.05) is 19.8 Å². The molecule has 0 radical (unpaired) electrons. The molecule has 4 nitrogen and oxygen atoms in total. The third-order valence-electron chi connectivity index (χ3n) is 4.11. The first-order valence-electron chi connectivity index (χ1n) is 6.68. The number of amides is 2. The zero-order valence-corrected chi connectivity index (χ0v) is 10.6. The number of carbonyl (C=O) groups excluding carboxylic acids is 2. The quantitative estimate of drug-likeness (QED) is 0.806. The van der Waals surface area contributed by atoms with Crippen molar-refractivity contribution in [1.29, 1.82) is 0 Å². The van der Waals surface area contributed by atoms with Crippen molar-refractivity contribution < 1.29 is 9.59 Å². The average Bonchev–Trinajstić information content (AvgIpc) is 2.96. The Labute approximate surface area is 103 Å². The Bertz CT molecular complexity index is 303. The lowest BCUT2D eigenvalue weighted by Crippen LogP contribution is -2.43. The Morgan fingerprint density at radius 2 is 1.71 bits per heavy atom. The molecule has 2 aliphatic rings. The van der Waals surface area contributed by atoms with Crippen molar-refractivity contribution in [2.75, 3.05) is 19.6 Å². The highest BCUT2D eigenvalue weighted by molar-refractivity contribution is 5.87. The summed E-state index contributed by atoms with van der Waals surface area (Å²) >= 11 is 0. The summed E-state index contributed by atoms with van der Waals surface area (Å²) in [6.07, 6.45) is 6.36. The van der Waals surface area contributed by atoms with Crippen molar-refractivity contribution in [2.45, 2.75) is 45.4 Å². The third kappa shape index (κ3) is 2.79. The van der Waals surface area contributed by atoms with Gasteiger partial charge in [-0.25, -0.2) is 0 Å². The highest BCUT2D eigenvalue weighted by atomic mass is 16.2. The molecule has 2 rings (SSSR count). The monoisotopic (exact) mass is 238 g/mol. The molecule has 1 aliphatic carbocycles. The number of carbonyl (C=O) groups is 2. The summed E-state index contributed by atoms with van der Waals surface area (Å²) in [6, 6.07) is 0. The van der Waals surface area contributed by atoms with Crippen LogP contribution in [0.3, 0.4) is 0 Å². The Kier molecular flexibility index (Phi) is 3.69. The second-order valence-corrected chi connectivity index (χ2v) is 5.54. The highest BCUT2D eigenvalue weighted by Gasteiger charge is 2.36. The molecular weight excluding hydrogens is 216 g/mol. The highest BCUT2D eigenvalue weighted by Crippen LogP contribution is 2.37. The van der Waals surface area contributed by atoms with Gasteiger partial charge in [-0.15, -0.1) is 0 Å². The first-order chi connectivity index (χ1) is 8.12. The van der Waals surface area contributed by atoms with Crippen LogP contribution in [0.2, 0.25) is 0 Å². The van der Waals surface area contributed by atoms with Crippen molar-refractivity contribution in [3.63, 3.8) is 0 Å². The molecular formula is C13H22N2O2. The van der Waals surface area contributed by atoms with Gasteiger partial charge in [-0.3, -0.25) is 9.59 Å². The minimum atomic E-state index is -0.231. The number of nitrogens with zero attached hydrogens (tertiary/aromatic N) is 1. The van der Waals surface area contributed by atoms with E-state index in [0.717, 1.165) is 51.6 Å². The molecule has 1 heterocycles. The minimum absolute atomic E-state index is 0.0579. The SMILES string of the molecule is CC1(C(=O)NCC(=O)N2CCCC2)CCCC1. The molecule has 2 fully saturated rings. The van der Waals surface area contributed by atoms with Gasteiger partial charge in [0.25, 0.3) is 0 Å². The molecule has 0 aromatic carbocycles. The van der Waals surface area contributed by atoms with Gasteiger partial charge in [0, 0.05) is 18.5 Å². The fourth-order valence-corrected chi connectivity index (χ4v) is 2.83. The van der Waals surface area contributed by atoms with Crippen molar-refractivity contribution in [3.8, 4) is 0 Å². The zero-order valence-electron chi connectivity index (χ0n) is 10.6. The third-order valence-corrected chi connectivity index (χ3v) is 4.11.